The van der Waals surface area contributed by atoms with Gasteiger partial charge < -0.3 is 49.9 Å². The maximum absolute atomic E-state index is 13.1. The van der Waals surface area contributed by atoms with E-state index < -0.39 is 17.5 Å². The number of aryl methyl sites for hydroxylation is 1. The largest absolute Gasteiger partial charge is 0.495 e. The second-order valence-electron chi connectivity index (χ2n) is 20.5. The van der Waals surface area contributed by atoms with Gasteiger partial charge in [-0.25, -0.2) is 14.8 Å². The second kappa shape index (κ2) is 22.3. The van der Waals surface area contributed by atoms with Crippen LogP contribution in [0.25, 0.3) is 32.9 Å². The van der Waals surface area contributed by atoms with Gasteiger partial charge in [0.15, 0.2) is 5.60 Å². The van der Waals surface area contributed by atoms with E-state index in [2.05, 4.69) is 55.6 Å². The summed E-state index contributed by atoms with van der Waals surface area (Å²) in [5.74, 6) is 6.46. The number of likely N-dealkylation sites (tertiary alicyclic amines) is 1. The highest BCUT2D eigenvalue weighted by atomic mass is 16.6. The number of nitrogens with two attached hydrogens (primary N) is 1. The molecule has 3 aromatic heterocycles. The predicted octanol–water partition coefficient (Wildman–Crippen LogP) is 5.17. The van der Waals surface area contributed by atoms with E-state index in [-0.39, 0.29) is 68.2 Å². The Hall–Kier alpha value is -7.63. The standard InChI is InChI=1S/C57H65N11O8/c1-56(61-25-7-8-37-11-16-47(74-3)46(32-37)68-29-22-50(71)63-55(68)73)23-30-66(31-24-56)40-20-27-67(28-21-40)54-62-45-15-12-38(44-34-65(2)53(72)51-42(44)19-26-59-51)33-43(45)52(64-54)57(76-41-13-14-41,39-9-5-4-6-10-39)35-75-36-60-49(70)18-17-48(58)69/h4-6,9-12,15-16,19,26,32-34,40-41,59,61H,13-14,17-18,20-25,27-31,35-36H2,1-3H3,(H2,58,69)(H,60,70)(H,63,71,73)/t57-/m0/s1. The first-order valence-electron chi connectivity index (χ1n) is 26.2. The third kappa shape index (κ3) is 11.3. The van der Waals surface area contributed by atoms with Crippen LogP contribution in [0.4, 0.5) is 16.4 Å². The van der Waals surface area contributed by atoms with E-state index in [9.17, 15) is 24.0 Å². The van der Waals surface area contributed by atoms with Gasteiger partial charge in [-0.3, -0.25) is 29.4 Å². The molecule has 19 nitrogen and oxygen atoms in total. The van der Waals surface area contributed by atoms with Crippen molar-refractivity contribution in [2.24, 2.45) is 12.8 Å². The molecule has 3 saturated heterocycles. The van der Waals surface area contributed by atoms with Crippen molar-refractivity contribution in [2.45, 2.75) is 88.0 Å². The number of rotatable bonds is 18. The van der Waals surface area contributed by atoms with Crippen molar-refractivity contribution in [3.63, 3.8) is 0 Å². The maximum Gasteiger partial charge on any atom is 0.328 e. The van der Waals surface area contributed by atoms with Crippen LogP contribution in [0.5, 0.6) is 5.75 Å². The van der Waals surface area contributed by atoms with Crippen LogP contribution in [-0.2, 0) is 36.5 Å². The Morgan fingerprint density at radius 2 is 1.71 bits per heavy atom. The Kier molecular flexibility index (Phi) is 15.2. The molecule has 0 spiro atoms. The van der Waals surface area contributed by atoms with E-state index in [0.29, 0.717) is 41.2 Å². The minimum atomic E-state index is -1.24. The molecule has 3 aromatic carbocycles. The fourth-order valence-electron chi connectivity index (χ4n) is 10.7. The number of imide groups is 1. The first-order valence-corrected chi connectivity index (χ1v) is 26.2. The van der Waals surface area contributed by atoms with Crippen LogP contribution in [-0.4, -0.2) is 126 Å². The second-order valence-corrected chi connectivity index (χ2v) is 20.5. The molecule has 76 heavy (non-hydrogen) atoms. The summed E-state index contributed by atoms with van der Waals surface area (Å²) >= 11 is 0. The molecule has 4 aliphatic rings. The number of carbonyl (C=O) groups excluding carboxylic acids is 4. The highest BCUT2D eigenvalue weighted by molar-refractivity contribution is 6.06. The number of pyridine rings is 1. The van der Waals surface area contributed by atoms with Crippen molar-refractivity contribution in [1.29, 1.82) is 0 Å². The fourth-order valence-corrected chi connectivity index (χ4v) is 10.7. The average molecular weight is 1030 g/mol. The molecule has 0 radical (unpaired) electrons. The monoisotopic (exact) mass is 1030 g/mol. The number of amides is 5. The molecule has 5 amide bonds. The summed E-state index contributed by atoms with van der Waals surface area (Å²) in [6.07, 6.45) is 9.24. The Morgan fingerprint density at radius 1 is 0.921 bits per heavy atom. The van der Waals surface area contributed by atoms with Crippen molar-refractivity contribution in [3.05, 3.63) is 112 Å². The summed E-state index contributed by atoms with van der Waals surface area (Å²) in [6, 6.07) is 23.4. The van der Waals surface area contributed by atoms with Crippen molar-refractivity contribution in [1.82, 2.24) is 40.4 Å². The lowest BCUT2D eigenvalue weighted by molar-refractivity contribution is -0.128. The number of fused-ring (bicyclic) bond motifs is 2. The highest BCUT2D eigenvalue weighted by Gasteiger charge is 2.45. The van der Waals surface area contributed by atoms with Gasteiger partial charge in [-0.1, -0.05) is 48.2 Å². The minimum Gasteiger partial charge on any atom is -0.495 e. The number of anilines is 2. The number of piperidine rings is 2. The smallest absolute Gasteiger partial charge is 0.328 e. The van der Waals surface area contributed by atoms with Crippen LogP contribution in [0.15, 0.2) is 90.0 Å². The van der Waals surface area contributed by atoms with Crippen LogP contribution in [0, 0.1) is 11.8 Å². The van der Waals surface area contributed by atoms with Gasteiger partial charge in [-0.05, 0) is 93.0 Å². The SMILES string of the molecule is COc1ccc(C#CCNC2(C)CCN(C3CCN(c4nc([C@@](COCNC(=O)CCC(N)=O)(OC5CC5)c5ccccc5)c5cc(-c6cn(C)c(=O)c7[nH]ccc67)ccc5n4)CC3)CC2)cc1N1CCC(=O)NC1=O. The topological polar surface area (TPSA) is 231 Å². The summed E-state index contributed by atoms with van der Waals surface area (Å²) < 4.78 is 20.7. The molecule has 6 N–H and O–H groups in total. The number of nitrogens with one attached hydrogen (secondary N) is 4. The number of hydrogen-bond donors (Lipinski definition) is 5. The third-order valence-corrected chi connectivity index (χ3v) is 15.2. The van der Waals surface area contributed by atoms with Crippen molar-refractivity contribution >= 4 is 57.2 Å². The molecule has 0 unspecified atom stereocenters. The Morgan fingerprint density at radius 3 is 2.45 bits per heavy atom. The first kappa shape index (κ1) is 51.8. The number of aromatic nitrogens is 4. The number of methoxy groups -OCH3 is 1. The van der Waals surface area contributed by atoms with Crippen LogP contribution in [0.1, 0.15) is 81.5 Å². The number of primary amides is 1. The summed E-state index contributed by atoms with van der Waals surface area (Å²) in [6.45, 7) is 6.34. The van der Waals surface area contributed by atoms with E-state index in [1.165, 1.54) is 4.90 Å². The lowest BCUT2D eigenvalue weighted by atomic mass is 9.87. The minimum absolute atomic E-state index is 0.00709. The van der Waals surface area contributed by atoms with Crippen LogP contribution < -0.4 is 41.8 Å². The number of urea groups is 1. The molecule has 1 atom stereocenters. The zero-order chi connectivity index (χ0) is 53.0. The van der Waals surface area contributed by atoms with Gasteiger partial charge >= 0.3 is 6.03 Å². The van der Waals surface area contributed by atoms with Gasteiger partial charge in [0.1, 0.15) is 18.0 Å². The number of aromatic amines is 1. The maximum atomic E-state index is 13.1. The third-order valence-electron chi connectivity index (χ3n) is 15.2. The van der Waals surface area contributed by atoms with Gasteiger partial charge in [0.25, 0.3) is 5.56 Å². The van der Waals surface area contributed by atoms with E-state index in [1.54, 1.807) is 31.0 Å². The number of ether oxygens (including phenoxy) is 3. The van der Waals surface area contributed by atoms with Crippen LogP contribution >= 0.6 is 0 Å². The van der Waals surface area contributed by atoms with Gasteiger partial charge in [0, 0.05) is 105 Å². The Balaban J connectivity index is 0.873. The highest BCUT2D eigenvalue weighted by Crippen LogP contribution is 2.44. The summed E-state index contributed by atoms with van der Waals surface area (Å²) in [5.41, 5.74) is 9.66. The molecular weight excluding hydrogens is 967 g/mol. The predicted molar refractivity (Wildman–Crippen MR) is 289 cm³/mol. The van der Waals surface area contributed by atoms with Crippen LogP contribution in [0.2, 0.25) is 0 Å². The number of benzene rings is 3. The number of H-pyrrole nitrogens is 1. The van der Waals surface area contributed by atoms with E-state index in [0.717, 1.165) is 103 Å². The quantitative estimate of drug-likeness (QED) is 0.0426. The lowest BCUT2D eigenvalue weighted by Crippen LogP contribution is -2.55. The Bertz CT molecular complexity index is 3270. The Labute approximate surface area is 440 Å². The normalized spacial score (nSPS) is 18.0. The van der Waals surface area contributed by atoms with Crippen molar-refractivity contribution in [3.8, 4) is 28.7 Å². The van der Waals surface area contributed by atoms with Gasteiger partial charge in [-0.15, -0.1) is 0 Å². The fraction of sp³-hybridized carbons (Fsp3) is 0.421. The molecule has 1 aliphatic carbocycles. The molecule has 0 bridgehead atoms. The molecule has 3 aliphatic heterocycles. The van der Waals surface area contributed by atoms with E-state index in [4.69, 9.17) is 29.9 Å². The van der Waals surface area contributed by atoms with Crippen LogP contribution in [0.3, 0.4) is 0 Å². The first-order chi connectivity index (χ1) is 36.8. The van der Waals surface area contributed by atoms with Crippen molar-refractivity contribution < 1.29 is 33.4 Å². The molecule has 10 rings (SSSR count). The molecule has 396 valence electrons. The molecule has 19 heteroatoms. The lowest BCUT2D eigenvalue weighted by Gasteiger charge is -2.45. The molecular formula is C57H65N11O8. The number of carbonyl (C=O) groups is 4. The van der Waals surface area contributed by atoms with Gasteiger partial charge in [-0.2, -0.15) is 0 Å². The summed E-state index contributed by atoms with van der Waals surface area (Å²) in [7, 11) is 3.30. The van der Waals surface area contributed by atoms with E-state index in [1.807, 2.05) is 66.9 Å². The molecule has 6 heterocycles. The van der Waals surface area contributed by atoms with Gasteiger partial charge in [0.2, 0.25) is 23.7 Å². The zero-order valence-electron chi connectivity index (χ0n) is 43.3. The zero-order valence-corrected chi connectivity index (χ0v) is 43.3. The number of nitrogens with zero attached hydrogens (tertiary/aromatic N) is 6. The van der Waals surface area contributed by atoms with Crippen molar-refractivity contribution in [2.75, 3.05) is 69.5 Å². The number of hydrogen-bond acceptors (Lipinski definition) is 13. The molecule has 4 fully saturated rings. The van der Waals surface area contributed by atoms with E-state index >= 15 is 0 Å². The summed E-state index contributed by atoms with van der Waals surface area (Å²) in [4.78, 5) is 82.0. The van der Waals surface area contributed by atoms with Gasteiger partial charge in [0.05, 0.1) is 43.3 Å². The molecule has 1 saturated carbocycles. The average Bonchev–Trinajstić information content (AvgIpc) is 4.12. The molecule has 6 aromatic rings. The summed E-state index contributed by atoms with van der Waals surface area (Å²) in [5, 5.41) is 10.4.